The van der Waals surface area contributed by atoms with E-state index in [1.807, 2.05) is 11.8 Å². The van der Waals surface area contributed by atoms with E-state index in [4.69, 9.17) is 44.9 Å². The number of halogens is 2. The number of hydrogen-bond acceptors (Lipinski definition) is 4. The largest absolute Gasteiger partial charge is 0.460 e. The predicted octanol–water partition coefficient (Wildman–Crippen LogP) is 3.85. The van der Waals surface area contributed by atoms with E-state index in [0.717, 1.165) is 18.5 Å². The van der Waals surface area contributed by atoms with Crippen molar-refractivity contribution in [2.45, 2.75) is 31.8 Å². The molecule has 0 aromatic heterocycles. The van der Waals surface area contributed by atoms with Crippen molar-refractivity contribution in [2.24, 2.45) is 0 Å². The topological polar surface area (TPSA) is 50.8 Å². The van der Waals surface area contributed by atoms with Gasteiger partial charge in [-0.3, -0.25) is 0 Å². The van der Waals surface area contributed by atoms with Crippen LogP contribution in [0.4, 0.5) is 0 Å². The highest BCUT2D eigenvalue weighted by Crippen LogP contribution is 2.41. The first-order chi connectivity index (χ1) is 12.5. The maximum atomic E-state index is 12.9. The number of carbonyl (C=O) groups excluding carboxylic acids is 1. The fourth-order valence-electron chi connectivity index (χ4n) is 3.09. The first kappa shape index (κ1) is 19.4. The molecule has 0 saturated heterocycles. The number of methoxy groups -OCH3 is 1. The van der Waals surface area contributed by atoms with Crippen molar-refractivity contribution in [1.29, 1.82) is 0 Å². The standard InChI is InChI=1S/C18H20Cl2N2O3S/c1-10-14(17(23)25-9-8-24-2)16(15-12(19)4-3-5-13(15)20)21-18(26)22(10)11-6-7-11/h3-5,11,16H,6-9H2,1-2H3,(H,21,26)/t16-/m1/s1. The third-order valence-electron chi connectivity index (χ3n) is 4.47. The molecule has 0 unspecified atom stereocenters. The molecule has 0 spiro atoms. The molecule has 8 heteroatoms. The van der Waals surface area contributed by atoms with Gasteiger partial charge in [-0.2, -0.15) is 0 Å². The molecule has 5 nitrogen and oxygen atoms in total. The Morgan fingerprint density at radius 2 is 1.96 bits per heavy atom. The van der Waals surface area contributed by atoms with Gasteiger partial charge in [0.25, 0.3) is 0 Å². The molecule has 0 radical (unpaired) electrons. The van der Waals surface area contributed by atoms with Gasteiger partial charge in [-0.25, -0.2) is 4.79 Å². The summed E-state index contributed by atoms with van der Waals surface area (Å²) >= 11 is 18.3. The van der Waals surface area contributed by atoms with Crippen LogP contribution in [0.15, 0.2) is 29.5 Å². The van der Waals surface area contributed by atoms with Crippen LogP contribution in [-0.4, -0.2) is 42.3 Å². The molecule has 1 saturated carbocycles. The summed E-state index contributed by atoms with van der Waals surface area (Å²) < 4.78 is 10.3. The van der Waals surface area contributed by atoms with Gasteiger partial charge in [-0.05, 0) is 44.1 Å². The van der Waals surface area contributed by atoms with Gasteiger partial charge >= 0.3 is 5.97 Å². The lowest BCUT2D eigenvalue weighted by atomic mass is 9.94. The summed E-state index contributed by atoms with van der Waals surface area (Å²) in [6, 6.07) is 5.00. The van der Waals surface area contributed by atoms with Crippen LogP contribution in [0.1, 0.15) is 31.4 Å². The highest BCUT2D eigenvalue weighted by molar-refractivity contribution is 7.80. The van der Waals surface area contributed by atoms with E-state index in [-0.39, 0.29) is 6.61 Å². The number of carbonyl (C=O) groups is 1. The second-order valence-corrected chi connectivity index (χ2v) is 7.45. The van der Waals surface area contributed by atoms with Crippen molar-refractivity contribution >= 4 is 46.5 Å². The Hall–Kier alpha value is -1.34. The van der Waals surface area contributed by atoms with Gasteiger partial charge in [0, 0.05) is 34.5 Å². The number of nitrogens with one attached hydrogen (secondary N) is 1. The summed E-state index contributed by atoms with van der Waals surface area (Å²) in [6.07, 6.45) is 2.09. The van der Waals surface area contributed by atoms with E-state index < -0.39 is 12.0 Å². The van der Waals surface area contributed by atoms with E-state index in [2.05, 4.69) is 5.32 Å². The van der Waals surface area contributed by atoms with Crippen LogP contribution >= 0.6 is 35.4 Å². The van der Waals surface area contributed by atoms with E-state index in [0.29, 0.717) is 38.9 Å². The van der Waals surface area contributed by atoms with Gasteiger partial charge in [0.15, 0.2) is 5.11 Å². The Morgan fingerprint density at radius 3 is 2.54 bits per heavy atom. The van der Waals surface area contributed by atoms with E-state index >= 15 is 0 Å². The molecule has 1 aliphatic heterocycles. The Labute approximate surface area is 168 Å². The van der Waals surface area contributed by atoms with Crippen LogP contribution in [0, 0.1) is 0 Å². The summed E-state index contributed by atoms with van der Waals surface area (Å²) in [6.45, 7) is 2.38. The zero-order valence-corrected chi connectivity index (χ0v) is 16.9. The molecule has 140 valence electrons. The van der Waals surface area contributed by atoms with Crippen molar-refractivity contribution in [1.82, 2.24) is 10.2 Å². The van der Waals surface area contributed by atoms with Crippen molar-refractivity contribution in [3.63, 3.8) is 0 Å². The minimum atomic E-state index is -0.561. The summed E-state index contributed by atoms with van der Waals surface area (Å²) in [5.74, 6) is -0.429. The van der Waals surface area contributed by atoms with Gasteiger partial charge in [0.05, 0.1) is 18.2 Å². The minimum Gasteiger partial charge on any atom is -0.460 e. The third-order valence-corrected chi connectivity index (χ3v) is 5.44. The monoisotopic (exact) mass is 414 g/mol. The Bertz CT molecular complexity index is 745. The molecule has 1 aromatic carbocycles. The molecule has 3 rings (SSSR count). The van der Waals surface area contributed by atoms with Crippen LogP contribution < -0.4 is 5.32 Å². The van der Waals surface area contributed by atoms with Gasteiger partial charge in [0.1, 0.15) is 6.61 Å². The SMILES string of the molecule is COCCOC(=O)C1=C(C)N(C2CC2)C(=S)N[C@H]1c1c(Cl)cccc1Cl. The first-order valence-electron chi connectivity index (χ1n) is 8.36. The normalized spacial score (nSPS) is 20.2. The van der Waals surface area contributed by atoms with Gasteiger partial charge in [-0.1, -0.05) is 29.3 Å². The first-order valence-corrected chi connectivity index (χ1v) is 9.52. The van der Waals surface area contributed by atoms with Crippen LogP contribution in [0.2, 0.25) is 10.0 Å². The number of esters is 1. The minimum absolute atomic E-state index is 0.170. The molecule has 1 heterocycles. The number of nitrogens with zero attached hydrogens (tertiary/aromatic N) is 1. The highest BCUT2D eigenvalue weighted by atomic mass is 35.5. The molecule has 26 heavy (non-hydrogen) atoms. The molecule has 0 bridgehead atoms. The van der Waals surface area contributed by atoms with E-state index in [9.17, 15) is 4.79 Å². The zero-order valence-electron chi connectivity index (χ0n) is 14.6. The summed E-state index contributed by atoms with van der Waals surface area (Å²) in [7, 11) is 1.56. The van der Waals surface area contributed by atoms with Gasteiger partial charge in [0.2, 0.25) is 0 Å². The molecule has 0 amide bonds. The average Bonchev–Trinajstić information content (AvgIpc) is 3.39. The number of benzene rings is 1. The summed E-state index contributed by atoms with van der Waals surface area (Å²) in [5, 5.41) is 4.74. The molecule has 1 aromatic rings. The van der Waals surface area contributed by atoms with Crippen molar-refractivity contribution in [2.75, 3.05) is 20.3 Å². The second-order valence-electron chi connectivity index (χ2n) is 6.25. The lowest BCUT2D eigenvalue weighted by Crippen LogP contribution is -2.48. The third kappa shape index (κ3) is 3.83. The quantitative estimate of drug-likeness (QED) is 0.433. The number of hydrogen-bond donors (Lipinski definition) is 1. The van der Waals surface area contributed by atoms with Crippen molar-refractivity contribution in [3.8, 4) is 0 Å². The molecule has 2 aliphatic rings. The van der Waals surface area contributed by atoms with Gasteiger partial charge in [-0.15, -0.1) is 0 Å². The van der Waals surface area contributed by atoms with Crippen molar-refractivity contribution in [3.05, 3.63) is 45.1 Å². The van der Waals surface area contributed by atoms with Crippen LogP contribution in [0.3, 0.4) is 0 Å². The maximum absolute atomic E-state index is 12.9. The van der Waals surface area contributed by atoms with Crippen LogP contribution in [-0.2, 0) is 14.3 Å². The smallest absolute Gasteiger partial charge is 0.338 e. The molecule has 1 aliphatic carbocycles. The van der Waals surface area contributed by atoms with E-state index in [1.54, 1.807) is 25.3 Å². The summed E-state index contributed by atoms with van der Waals surface area (Å²) in [5.41, 5.74) is 1.86. The highest BCUT2D eigenvalue weighted by Gasteiger charge is 2.41. The van der Waals surface area contributed by atoms with Crippen molar-refractivity contribution < 1.29 is 14.3 Å². The lowest BCUT2D eigenvalue weighted by Gasteiger charge is -2.38. The number of allylic oxidation sites excluding steroid dienone is 1. The van der Waals surface area contributed by atoms with Crippen LogP contribution in [0.25, 0.3) is 0 Å². The Kier molecular flexibility index (Phi) is 6.07. The Balaban J connectivity index is 2.03. The molecule has 1 N–H and O–H groups in total. The molecular weight excluding hydrogens is 395 g/mol. The fraction of sp³-hybridized carbons (Fsp3) is 0.444. The maximum Gasteiger partial charge on any atom is 0.338 e. The average molecular weight is 415 g/mol. The molecule has 1 atom stereocenters. The predicted molar refractivity (Wildman–Crippen MR) is 105 cm³/mol. The number of ether oxygens (including phenoxy) is 2. The number of thiocarbonyl (C=S) groups is 1. The number of rotatable bonds is 6. The van der Waals surface area contributed by atoms with Crippen LogP contribution in [0.5, 0.6) is 0 Å². The second kappa shape index (κ2) is 8.13. The van der Waals surface area contributed by atoms with Gasteiger partial charge < -0.3 is 19.7 Å². The fourth-order valence-corrected chi connectivity index (χ4v) is 4.11. The molecular formula is C18H20Cl2N2O3S. The lowest BCUT2D eigenvalue weighted by molar-refractivity contribution is -0.140. The summed E-state index contributed by atoms with van der Waals surface area (Å²) in [4.78, 5) is 14.8. The zero-order chi connectivity index (χ0) is 18.8. The molecule has 1 fully saturated rings. The Morgan fingerprint density at radius 1 is 1.31 bits per heavy atom. The van der Waals surface area contributed by atoms with E-state index in [1.165, 1.54) is 0 Å².